The summed E-state index contributed by atoms with van der Waals surface area (Å²) in [5.41, 5.74) is 2.45. The Balaban J connectivity index is 0.000000390. The molecule has 0 aliphatic carbocycles. The number of anilines is 1. The minimum absolute atomic E-state index is 0.180. The van der Waals surface area contributed by atoms with E-state index in [1.807, 2.05) is 24.8 Å². The molecule has 1 aliphatic rings. The molecule has 3 unspecified atom stereocenters. The molecule has 232 valence electrons. The van der Waals surface area contributed by atoms with E-state index in [2.05, 4.69) is 38.1 Å². The quantitative estimate of drug-likeness (QED) is 0.163. The molecular formula is C32H51NO7S. The van der Waals surface area contributed by atoms with Crippen molar-refractivity contribution >= 4 is 28.9 Å². The second kappa shape index (κ2) is 21.4. The van der Waals surface area contributed by atoms with Crippen molar-refractivity contribution in [1.29, 1.82) is 0 Å². The normalized spacial score (nSPS) is 14.8. The topological polar surface area (TPSA) is 128 Å². The van der Waals surface area contributed by atoms with Crippen LogP contribution in [0.15, 0.2) is 36.4 Å². The molecule has 0 bridgehead atoms. The highest BCUT2D eigenvalue weighted by Crippen LogP contribution is 2.22. The predicted molar refractivity (Wildman–Crippen MR) is 166 cm³/mol. The van der Waals surface area contributed by atoms with Crippen LogP contribution in [0.5, 0.6) is 0 Å². The largest absolute Gasteiger partial charge is 0.459 e. The Morgan fingerprint density at radius 3 is 2.24 bits per heavy atom. The Kier molecular flexibility index (Phi) is 19.2. The second-order valence-corrected chi connectivity index (χ2v) is 11.1. The lowest BCUT2D eigenvalue weighted by molar-refractivity contribution is -0.117. The molecule has 3 atom stereocenters. The first-order valence-corrected chi connectivity index (χ1v) is 15.9. The maximum Gasteiger partial charge on any atom is 0.348 e. The fourth-order valence-corrected chi connectivity index (χ4v) is 5.26. The zero-order valence-electron chi connectivity index (χ0n) is 25.3. The first-order chi connectivity index (χ1) is 19.8. The van der Waals surface area contributed by atoms with Crippen molar-refractivity contribution in [3.63, 3.8) is 0 Å². The molecule has 1 fully saturated rings. The second-order valence-electron chi connectivity index (χ2n) is 9.95. The number of thiophene rings is 1. The monoisotopic (exact) mass is 593 g/mol. The van der Waals surface area contributed by atoms with Gasteiger partial charge in [-0.3, -0.25) is 4.79 Å². The summed E-state index contributed by atoms with van der Waals surface area (Å²) in [4.78, 5) is 26.9. The van der Waals surface area contributed by atoms with Crippen molar-refractivity contribution in [1.82, 2.24) is 0 Å². The maximum atomic E-state index is 11.8. The number of unbranched alkanes of at least 4 members (excludes halogenated alkanes) is 3. The van der Waals surface area contributed by atoms with Crippen LogP contribution in [0.3, 0.4) is 0 Å². The lowest BCUT2D eigenvalue weighted by atomic mass is 10.1. The van der Waals surface area contributed by atoms with E-state index in [-0.39, 0.29) is 18.9 Å². The molecule has 1 saturated heterocycles. The van der Waals surface area contributed by atoms with E-state index >= 15 is 0 Å². The summed E-state index contributed by atoms with van der Waals surface area (Å²) >= 11 is 1.36. The number of carbonyl (C=O) groups is 2. The van der Waals surface area contributed by atoms with Crippen LogP contribution in [0.2, 0.25) is 0 Å². The zero-order chi connectivity index (χ0) is 30.6. The third kappa shape index (κ3) is 13.9. The Morgan fingerprint density at radius 1 is 0.951 bits per heavy atom. The van der Waals surface area contributed by atoms with Gasteiger partial charge < -0.3 is 30.1 Å². The summed E-state index contributed by atoms with van der Waals surface area (Å²) in [5, 5.41) is 36.9. The smallest absolute Gasteiger partial charge is 0.348 e. The molecule has 9 heteroatoms. The molecule has 0 saturated carbocycles. The fourth-order valence-electron chi connectivity index (χ4n) is 4.26. The van der Waals surface area contributed by atoms with Crippen LogP contribution in [-0.2, 0) is 22.4 Å². The molecule has 1 aromatic heterocycles. The van der Waals surface area contributed by atoms with Crippen LogP contribution in [0.4, 0.5) is 5.69 Å². The van der Waals surface area contributed by atoms with Gasteiger partial charge in [-0.25, -0.2) is 4.79 Å². The lowest BCUT2D eigenvalue weighted by Gasteiger charge is -2.18. The number of nitrogens with zero attached hydrogens (tertiary/aromatic N) is 1. The van der Waals surface area contributed by atoms with E-state index in [0.29, 0.717) is 11.3 Å². The van der Waals surface area contributed by atoms with E-state index in [0.717, 1.165) is 42.8 Å². The Hall–Kier alpha value is -2.30. The molecule has 0 spiro atoms. The molecule has 2 heterocycles. The molecule has 3 rings (SSSR count). The summed E-state index contributed by atoms with van der Waals surface area (Å²) in [7, 11) is 0. The van der Waals surface area contributed by atoms with Crippen molar-refractivity contribution in [3.05, 3.63) is 51.7 Å². The molecule has 1 amide bonds. The van der Waals surface area contributed by atoms with Crippen LogP contribution < -0.4 is 4.90 Å². The van der Waals surface area contributed by atoms with E-state index < -0.39 is 30.9 Å². The molecule has 0 radical (unpaired) electrons. The molecule has 2 aromatic rings. The molecular weight excluding hydrogens is 542 g/mol. The van der Waals surface area contributed by atoms with Crippen molar-refractivity contribution in [2.45, 2.75) is 110 Å². The summed E-state index contributed by atoms with van der Waals surface area (Å²) in [6, 6.07) is 12.1. The summed E-state index contributed by atoms with van der Waals surface area (Å²) in [6.45, 7) is 8.31. The number of esters is 1. The molecule has 1 aliphatic heterocycles. The van der Waals surface area contributed by atoms with Crippen LogP contribution in [0.25, 0.3) is 0 Å². The standard InChI is InChI=1S/C16H23NO.C14H22O6S.C2H6/c1-2-3-4-5-7-14-9-11-15(12-10-14)17-13-6-8-16(17)18;1-2-3-10-4-5-13(21-10)14(19)20-8-9(16)6-11(17)12(18)7-15;1-2/h9-12H,2-8,13H2,1H3;4-5,9,11-12,15-18H,2-3,6-8H2,1H3;1-2H3. The number of hydrogen-bond acceptors (Lipinski definition) is 8. The number of hydrogen-bond donors (Lipinski definition) is 4. The summed E-state index contributed by atoms with van der Waals surface area (Å²) in [6.07, 6.45) is 6.14. The number of benzene rings is 1. The minimum Gasteiger partial charge on any atom is -0.459 e. The van der Waals surface area contributed by atoms with Gasteiger partial charge in [0.25, 0.3) is 0 Å². The van der Waals surface area contributed by atoms with Gasteiger partial charge in [-0.05, 0) is 55.5 Å². The number of aryl methyl sites for hydroxylation is 2. The van der Waals surface area contributed by atoms with Crippen LogP contribution >= 0.6 is 11.3 Å². The maximum absolute atomic E-state index is 11.8. The summed E-state index contributed by atoms with van der Waals surface area (Å²) < 4.78 is 4.96. The third-order valence-corrected chi connectivity index (χ3v) is 7.68. The average Bonchev–Trinajstić information content (AvgIpc) is 3.64. The number of aliphatic hydroxyl groups is 4. The summed E-state index contributed by atoms with van der Waals surface area (Å²) in [5.74, 6) is -0.246. The van der Waals surface area contributed by atoms with Gasteiger partial charge in [0.15, 0.2) is 0 Å². The number of rotatable bonds is 15. The first-order valence-electron chi connectivity index (χ1n) is 15.1. The highest BCUT2D eigenvalue weighted by Gasteiger charge is 2.22. The highest BCUT2D eigenvalue weighted by atomic mass is 32.1. The van der Waals surface area contributed by atoms with Crippen molar-refractivity contribution in [3.8, 4) is 0 Å². The van der Waals surface area contributed by atoms with Crippen LogP contribution in [-0.4, -0.2) is 70.4 Å². The first kappa shape index (κ1) is 36.7. The van der Waals surface area contributed by atoms with Gasteiger partial charge in [-0.2, -0.15) is 0 Å². The number of aliphatic hydroxyl groups excluding tert-OH is 4. The van der Waals surface area contributed by atoms with Gasteiger partial charge >= 0.3 is 5.97 Å². The SMILES string of the molecule is CC.CCCCCCc1ccc(N2CCCC2=O)cc1.CCCc1ccc(C(=O)OCC(O)CC(O)C(O)CO)s1. The van der Waals surface area contributed by atoms with Gasteiger partial charge in [0.2, 0.25) is 5.91 Å². The van der Waals surface area contributed by atoms with Crippen molar-refractivity contribution in [2.75, 3.05) is 24.7 Å². The third-order valence-electron chi connectivity index (χ3n) is 6.55. The van der Waals surface area contributed by atoms with Crippen molar-refractivity contribution < 1.29 is 34.8 Å². The molecule has 8 nitrogen and oxygen atoms in total. The molecule has 41 heavy (non-hydrogen) atoms. The molecule has 4 N–H and O–H groups in total. The van der Waals surface area contributed by atoms with Gasteiger partial charge in [-0.15, -0.1) is 11.3 Å². The average molecular weight is 594 g/mol. The van der Waals surface area contributed by atoms with Gasteiger partial charge in [0.05, 0.1) is 18.8 Å². The van der Waals surface area contributed by atoms with E-state index in [1.54, 1.807) is 6.07 Å². The highest BCUT2D eigenvalue weighted by molar-refractivity contribution is 7.13. The zero-order valence-corrected chi connectivity index (χ0v) is 26.1. The van der Waals surface area contributed by atoms with Crippen LogP contribution in [0, 0.1) is 0 Å². The predicted octanol–water partition coefficient (Wildman–Crippen LogP) is 5.28. The number of carbonyl (C=O) groups excluding carboxylic acids is 2. The van der Waals surface area contributed by atoms with Gasteiger partial charge in [0, 0.05) is 30.0 Å². The Labute approximate surface area is 250 Å². The van der Waals surface area contributed by atoms with Gasteiger partial charge in [-0.1, -0.05) is 65.5 Å². The van der Waals surface area contributed by atoms with Crippen molar-refractivity contribution in [2.24, 2.45) is 0 Å². The fraction of sp³-hybridized carbons (Fsp3) is 0.625. The number of ether oxygens (including phenoxy) is 1. The Bertz CT molecular complexity index is 979. The van der Waals surface area contributed by atoms with E-state index in [4.69, 9.17) is 14.9 Å². The van der Waals surface area contributed by atoms with Gasteiger partial charge in [0.1, 0.15) is 17.6 Å². The Morgan fingerprint density at radius 2 is 1.66 bits per heavy atom. The minimum atomic E-state index is -1.32. The number of amides is 1. The van der Waals surface area contributed by atoms with E-state index in [9.17, 15) is 19.8 Å². The van der Waals surface area contributed by atoms with E-state index in [1.165, 1.54) is 42.6 Å². The van der Waals surface area contributed by atoms with Crippen LogP contribution in [0.1, 0.15) is 99.2 Å². The molecule has 1 aromatic carbocycles. The lowest BCUT2D eigenvalue weighted by Crippen LogP contribution is -2.34.